The highest BCUT2D eigenvalue weighted by molar-refractivity contribution is 5.99. The number of aromatic nitrogens is 2. The summed E-state index contributed by atoms with van der Waals surface area (Å²) in [5.41, 5.74) is 1.40. The third-order valence-electron chi connectivity index (χ3n) is 5.38. The summed E-state index contributed by atoms with van der Waals surface area (Å²) in [4.78, 5) is 21.3. The summed E-state index contributed by atoms with van der Waals surface area (Å²) in [5, 5.41) is 0.410. The van der Waals surface area contributed by atoms with Crippen molar-refractivity contribution in [3.05, 3.63) is 59.4 Å². The van der Waals surface area contributed by atoms with Gasteiger partial charge in [-0.25, -0.2) is 4.98 Å². The Labute approximate surface area is 166 Å². The predicted octanol–water partition coefficient (Wildman–Crippen LogP) is 3.86. The zero-order valence-electron chi connectivity index (χ0n) is 16.2. The van der Waals surface area contributed by atoms with E-state index in [2.05, 4.69) is 9.88 Å². The van der Waals surface area contributed by atoms with Gasteiger partial charge in [0.05, 0.1) is 5.56 Å². The molecule has 8 heteroatoms. The van der Waals surface area contributed by atoms with Gasteiger partial charge in [-0.15, -0.1) is 0 Å². The molecule has 5 nitrogen and oxygen atoms in total. The van der Waals surface area contributed by atoms with Crippen molar-refractivity contribution in [3.63, 3.8) is 0 Å². The monoisotopic (exact) mass is 402 g/mol. The molecule has 3 aromatic rings. The van der Waals surface area contributed by atoms with Crippen molar-refractivity contribution in [1.82, 2.24) is 14.5 Å². The molecule has 0 radical (unpaired) electrons. The molecule has 1 aliphatic heterocycles. The molecular weight excluding hydrogens is 381 g/mol. The molecular formula is C21H21F3N4O. The van der Waals surface area contributed by atoms with Gasteiger partial charge < -0.3 is 14.4 Å². The Hall–Kier alpha value is -3.03. The van der Waals surface area contributed by atoms with Crippen LogP contribution in [-0.2, 0) is 13.2 Å². The number of anilines is 1. The molecule has 0 atom stereocenters. The number of carbonyl (C=O) groups is 1. The Balaban J connectivity index is 1.53. The van der Waals surface area contributed by atoms with Crippen LogP contribution in [-0.4, -0.2) is 46.5 Å². The van der Waals surface area contributed by atoms with Gasteiger partial charge in [0.1, 0.15) is 11.5 Å². The topological polar surface area (TPSA) is 41.4 Å². The van der Waals surface area contributed by atoms with Crippen molar-refractivity contribution in [2.45, 2.75) is 13.1 Å². The maximum atomic E-state index is 13.0. The van der Waals surface area contributed by atoms with Gasteiger partial charge in [-0.05, 0) is 48.9 Å². The molecule has 1 aromatic carbocycles. The molecule has 29 heavy (non-hydrogen) atoms. The number of hydrogen-bond donors (Lipinski definition) is 0. The fourth-order valence-corrected chi connectivity index (χ4v) is 3.72. The van der Waals surface area contributed by atoms with E-state index in [1.54, 1.807) is 28.8 Å². The lowest BCUT2D eigenvalue weighted by Gasteiger charge is -2.35. The Morgan fingerprint density at radius 2 is 1.76 bits per heavy atom. The van der Waals surface area contributed by atoms with E-state index in [-0.39, 0.29) is 5.91 Å². The summed E-state index contributed by atoms with van der Waals surface area (Å²) in [6.45, 7) is 4.39. The third kappa shape index (κ3) is 3.66. The van der Waals surface area contributed by atoms with E-state index in [9.17, 15) is 18.0 Å². The van der Waals surface area contributed by atoms with Crippen LogP contribution < -0.4 is 4.90 Å². The Morgan fingerprint density at radius 3 is 2.41 bits per heavy atom. The molecule has 152 valence electrons. The number of aryl methyl sites for hydroxylation is 2. The minimum atomic E-state index is -4.41. The highest BCUT2D eigenvalue weighted by atomic mass is 19.4. The number of carbonyl (C=O) groups excluding carboxylic acids is 1. The summed E-state index contributed by atoms with van der Waals surface area (Å²) in [6, 6.07) is 9.04. The Bertz CT molecular complexity index is 1070. The van der Waals surface area contributed by atoms with E-state index in [4.69, 9.17) is 0 Å². The molecule has 2 aromatic heterocycles. The van der Waals surface area contributed by atoms with Crippen molar-refractivity contribution in [1.29, 1.82) is 0 Å². The lowest BCUT2D eigenvalue weighted by molar-refractivity contribution is -0.137. The zero-order valence-corrected chi connectivity index (χ0v) is 16.2. The highest BCUT2D eigenvalue weighted by Gasteiger charge is 2.31. The summed E-state index contributed by atoms with van der Waals surface area (Å²) in [6.07, 6.45) is -2.64. The quantitative estimate of drug-likeness (QED) is 0.654. The van der Waals surface area contributed by atoms with Gasteiger partial charge in [-0.3, -0.25) is 4.79 Å². The number of pyridine rings is 1. The predicted molar refractivity (Wildman–Crippen MR) is 105 cm³/mol. The Morgan fingerprint density at radius 1 is 1.03 bits per heavy atom. The van der Waals surface area contributed by atoms with E-state index in [0.717, 1.165) is 23.5 Å². The molecule has 1 amide bonds. The number of halogens is 3. The van der Waals surface area contributed by atoms with Gasteiger partial charge in [-0.1, -0.05) is 0 Å². The standard InChI is InChI=1S/C21H21F3N4O/c1-14-5-6-25-19(11-14)27-7-9-28(10-8-27)20(29)18-13-15-12-16(21(22,23)24)3-4-17(15)26(18)2/h3-6,11-13H,7-10H2,1-2H3. The zero-order chi connectivity index (χ0) is 20.8. The van der Waals surface area contributed by atoms with Crippen LogP contribution in [0.1, 0.15) is 21.6 Å². The average Bonchev–Trinajstić information content (AvgIpc) is 3.03. The van der Waals surface area contributed by atoms with Crippen molar-refractivity contribution in [2.75, 3.05) is 31.1 Å². The number of rotatable bonds is 2. The van der Waals surface area contributed by atoms with Crippen LogP contribution in [0.2, 0.25) is 0 Å². The van der Waals surface area contributed by atoms with Crippen LogP contribution in [0.5, 0.6) is 0 Å². The van der Waals surface area contributed by atoms with Crippen LogP contribution in [0.25, 0.3) is 10.9 Å². The maximum absolute atomic E-state index is 13.0. The molecule has 0 aliphatic carbocycles. The molecule has 0 spiro atoms. The normalized spacial score (nSPS) is 15.2. The SMILES string of the molecule is Cc1ccnc(N2CCN(C(=O)c3cc4cc(C(F)(F)F)ccc4n3C)CC2)c1. The molecule has 0 bridgehead atoms. The van der Waals surface area contributed by atoms with Gasteiger partial charge in [0.2, 0.25) is 0 Å². The molecule has 0 unspecified atom stereocenters. The third-order valence-corrected chi connectivity index (χ3v) is 5.38. The lowest BCUT2D eigenvalue weighted by atomic mass is 10.1. The molecule has 1 saturated heterocycles. The number of hydrogen-bond acceptors (Lipinski definition) is 3. The lowest BCUT2D eigenvalue weighted by Crippen LogP contribution is -2.49. The Kier molecular flexibility index (Phi) is 4.72. The second-order valence-electron chi connectivity index (χ2n) is 7.33. The van der Waals surface area contributed by atoms with E-state index < -0.39 is 11.7 Å². The first-order valence-corrected chi connectivity index (χ1v) is 9.37. The maximum Gasteiger partial charge on any atom is 0.416 e. The largest absolute Gasteiger partial charge is 0.416 e. The van der Waals surface area contributed by atoms with Gasteiger partial charge in [-0.2, -0.15) is 13.2 Å². The minimum Gasteiger partial charge on any atom is -0.353 e. The summed E-state index contributed by atoms with van der Waals surface area (Å²) in [7, 11) is 1.70. The minimum absolute atomic E-state index is 0.172. The number of alkyl halides is 3. The fraction of sp³-hybridized carbons (Fsp3) is 0.333. The van der Waals surface area contributed by atoms with E-state index >= 15 is 0 Å². The van der Waals surface area contributed by atoms with Gasteiger partial charge >= 0.3 is 6.18 Å². The number of nitrogens with zero attached hydrogens (tertiary/aromatic N) is 4. The van der Waals surface area contributed by atoms with Crippen LogP contribution in [0.3, 0.4) is 0 Å². The van der Waals surface area contributed by atoms with Crippen LogP contribution in [0.15, 0.2) is 42.6 Å². The summed E-state index contributed by atoms with van der Waals surface area (Å²) in [5.74, 6) is 0.718. The van der Waals surface area contributed by atoms with Crippen LogP contribution >= 0.6 is 0 Å². The number of amides is 1. The first kappa shape index (κ1) is 19.3. The van der Waals surface area contributed by atoms with Crippen LogP contribution in [0, 0.1) is 6.92 Å². The second kappa shape index (κ2) is 7.09. The smallest absolute Gasteiger partial charge is 0.353 e. The highest BCUT2D eigenvalue weighted by Crippen LogP contribution is 2.32. The summed E-state index contributed by atoms with van der Waals surface area (Å²) < 4.78 is 40.6. The van der Waals surface area contributed by atoms with Crippen LogP contribution in [0.4, 0.5) is 19.0 Å². The van der Waals surface area contributed by atoms with E-state index in [1.165, 1.54) is 6.07 Å². The van der Waals surface area contributed by atoms with Crippen molar-refractivity contribution >= 4 is 22.6 Å². The average molecular weight is 402 g/mol. The van der Waals surface area contributed by atoms with Crippen molar-refractivity contribution in [2.24, 2.45) is 7.05 Å². The van der Waals surface area contributed by atoms with Crippen molar-refractivity contribution in [3.8, 4) is 0 Å². The van der Waals surface area contributed by atoms with Gasteiger partial charge in [0.25, 0.3) is 5.91 Å². The van der Waals surface area contributed by atoms with Crippen molar-refractivity contribution < 1.29 is 18.0 Å². The first-order valence-electron chi connectivity index (χ1n) is 9.37. The molecule has 4 rings (SSSR count). The molecule has 1 fully saturated rings. The van der Waals surface area contributed by atoms with Gasteiger partial charge in [0.15, 0.2) is 0 Å². The number of benzene rings is 1. The molecule has 0 N–H and O–H groups in total. The molecule has 3 heterocycles. The number of fused-ring (bicyclic) bond motifs is 1. The van der Waals surface area contributed by atoms with E-state index in [0.29, 0.717) is 42.8 Å². The first-order chi connectivity index (χ1) is 13.7. The number of piperazine rings is 1. The molecule has 0 saturated carbocycles. The summed E-state index contributed by atoms with van der Waals surface area (Å²) >= 11 is 0. The fourth-order valence-electron chi connectivity index (χ4n) is 3.72. The molecule has 1 aliphatic rings. The van der Waals surface area contributed by atoms with Gasteiger partial charge in [0, 0.05) is 50.3 Å². The second-order valence-corrected chi connectivity index (χ2v) is 7.33. The van der Waals surface area contributed by atoms with E-state index in [1.807, 2.05) is 19.1 Å².